The van der Waals surface area contributed by atoms with Crippen LogP contribution in [0.15, 0.2) is 0 Å². The molecule has 2 rings (SSSR count). The summed E-state index contributed by atoms with van der Waals surface area (Å²) in [7, 11) is 0. The summed E-state index contributed by atoms with van der Waals surface area (Å²) in [5.74, 6) is -0.0199. The van der Waals surface area contributed by atoms with Gasteiger partial charge in [0.2, 0.25) is 11.0 Å². The molecule has 118 valence electrons. The number of hydrogen-bond donors (Lipinski definition) is 1. The molecule has 0 radical (unpaired) electrons. The maximum absolute atomic E-state index is 12.1. The van der Waals surface area contributed by atoms with Crippen molar-refractivity contribution in [2.24, 2.45) is 0 Å². The van der Waals surface area contributed by atoms with Gasteiger partial charge in [-0.25, -0.2) is 0 Å². The molecular weight excluding hydrogens is 288 g/mol. The largest absolute Gasteiger partial charge is 0.378 e. The number of nitrogens with zero attached hydrogens (tertiary/aromatic N) is 3. The number of ether oxygens (including phenoxy) is 1. The molecule has 1 atom stereocenters. The molecule has 0 unspecified atom stereocenters. The minimum absolute atomic E-state index is 0.0199. The summed E-state index contributed by atoms with van der Waals surface area (Å²) in [6.45, 7) is 6.88. The second kappa shape index (κ2) is 8.41. The first kappa shape index (κ1) is 16.3. The van der Waals surface area contributed by atoms with Crippen LogP contribution in [-0.2, 0) is 16.0 Å². The van der Waals surface area contributed by atoms with Gasteiger partial charge in [-0.15, -0.1) is 10.2 Å². The second-order valence-corrected chi connectivity index (χ2v) is 6.32. The first-order valence-corrected chi connectivity index (χ1v) is 8.48. The first-order valence-electron chi connectivity index (χ1n) is 7.67. The number of unbranched alkanes of at least 4 members (excludes halogenated alkanes) is 1. The van der Waals surface area contributed by atoms with Gasteiger partial charge in [0.25, 0.3) is 0 Å². The van der Waals surface area contributed by atoms with Gasteiger partial charge in [-0.05, 0) is 12.8 Å². The van der Waals surface area contributed by atoms with Gasteiger partial charge in [0.1, 0.15) is 5.01 Å². The van der Waals surface area contributed by atoms with Crippen LogP contribution in [0.1, 0.15) is 38.1 Å². The van der Waals surface area contributed by atoms with Crippen molar-refractivity contribution in [1.82, 2.24) is 15.1 Å². The Kier molecular flexibility index (Phi) is 6.53. The average Bonchev–Trinajstić information content (AvgIpc) is 2.93. The maximum Gasteiger partial charge on any atom is 0.240 e. The second-order valence-electron chi connectivity index (χ2n) is 5.26. The first-order chi connectivity index (χ1) is 10.2. The monoisotopic (exact) mass is 312 g/mol. The Labute approximate surface area is 129 Å². The third-order valence-corrected chi connectivity index (χ3v) is 4.52. The fraction of sp³-hybridized carbons (Fsp3) is 0.786. The maximum atomic E-state index is 12.1. The molecule has 1 N–H and O–H groups in total. The number of aromatic nitrogens is 2. The standard InChI is InChI=1S/C14H24N4O2S/c1-3-5-6-13-16-17-14(21-13)15-12(19)9-18-7-8-20-10-11(18)4-2/h11H,3-10H2,1-2H3,(H,15,17,19)/t11-/m1/s1. The van der Waals surface area contributed by atoms with E-state index in [0.29, 0.717) is 30.9 Å². The number of amides is 1. The normalized spacial score (nSPS) is 19.6. The molecule has 6 nitrogen and oxygen atoms in total. The molecule has 21 heavy (non-hydrogen) atoms. The van der Waals surface area contributed by atoms with Gasteiger partial charge in [-0.2, -0.15) is 0 Å². The Morgan fingerprint density at radius 2 is 2.33 bits per heavy atom. The number of anilines is 1. The van der Waals surface area contributed by atoms with Crippen molar-refractivity contribution in [1.29, 1.82) is 0 Å². The summed E-state index contributed by atoms with van der Waals surface area (Å²) in [4.78, 5) is 14.3. The zero-order valence-electron chi connectivity index (χ0n) is 12.8. The number of morpholine rings is 1. The fourth-order valence-corrected chi connectivity index (χ4v) is 3.15. The van der Waals surface area contributed by atoms with Crippen molar-refractivity contribution in [2.75, 3.05) is 31.6 Å². The molecule has 1 saturated heterocycles. The van der Waals surface area contributed by atoms with Gasteiger partial charge < -0.3 is 4.74 Å². The minimum Gasteiger partial charge on any atom is -0.378 e. The van der Waals surface area contributed by atoms with E-state index in [9.17, 15) is 4.79 Å². The van der Waals surface area contributed by atoms with Crippen LogP contribution in [-0.4, -0.2) is 53.3 Å². The molecule has 0 bridgehead atoms. The van der Waals surface area contributed by atoms with Gasteiger partial charge in [0.05, 0.1) is 19.8 Å². The average molecular weight is 312 g/mol. The highest BCUT2D eigenvalue weighted by Gasteiger charge is 2.23. The number of nitrogens with one attached hydrogen (secondary N) is 1. The van der Waals surface area contributed by atoms with Gasteiger partial charge in [0, 0.05) is 19.0 Å². The lowest BCUT2D eigenvalue weighted by Crippen LogP contribution is -2.48. The molecule has 0 aromatic carbocycles. The molecule has 1 aromatic rings. The van der Waals surface area contributed by atoms with Gasteiger partial charge >= 0.3 is 0 Å². The van der Waals surface area contributed by atoms with Crippen LogP contribution < -0.4 is 5.32 Å². The van der Waals surface area contributed by atoms with E-state index in [1.807, 2.05) is 0 Å². The van der Waals surface area contributed by atoms with Crippen LogP contribution in [0.25, 0.3) is 0 Å². The van der Waals surface area contributed by atoms with Crippen LogP contribution in [0.3, 0.4) is 0 Å². The van der Waals surface area contributed by atoms with E-state index < -0.39 is 0 Å². The Bertz CT molecular complexity index is 452. The van der Waals surface area contributed by atoms with Gasteiger partial charge in [-0.3, -0.25) is 15.0 Å². The molecule has 7 heteroatoms. The highest BCUT2D eigenvalue weighted by molar-refractivity contribution is 7.15. The number of aryl methyl sites for hydroxylation is 1. The Morgan fingerprint density at radius 1 is 1.48 bits per heavy atom. The number of carbonyl (C=O) groups excluding carboxylic acids is 1. The number of rotatable bonds is 7. The predicted octanol–water partition coefficient (Wildman–Crippen LogP) is 1.93. The molecule has 0 aliphatic carbocycles. The predicted molar refractivity (Wildman–Crippen MR) is 83.6 cm³/mol. The fourth-order valence-electron chi connectivity index (χ4n) is 2.35. The highest BCUT2D eigenvalue weighted by atomic mass is 32.1. The van der Waals surface area contributed by atoms with Gasteiger partial charge in [0.15, 0.2) is 0 Å². The third kappa shape index (κ3) is 5.01. The highest BCUT2D eigenvalue weighted by Crippen LogP contribution is 2.17. The molecular formula is C14H24N4O2S. The lowest BCUT2D eigenvalue weighted by Gasteiger charge is -2.34. The Morgan fingerprint density at radius 3 is 3.10 bits per heavy atom. The topological polar surface area (TPSA) is 67.4 Å². The lowest BCUT2D eigenvalue weighted by atomic mass is 10.2. The van der Waals surface area contributed by atoms with Crippen LogP contribution in [0.4, 0.5) is 5.13 Å². The molecule has 2 heterocycles. The van der Waals surface area contributed by atoms with Crippen molar-refractivity contribution in [3.05, 3.63) is 5.01 Å². The summed E-state index contributed by atoms with van der Waals surface area (Å²) in [5, 5.41) is 12.6. The van der Waals surface area contributed by atoms with Crippen LogP contribution in [0.5, 0.6) is 0 Å². The van der Waals surface area contributed by atoms with Crippen molar-refractivity contribution in [3.63, 3.8) is 0 Å². The van der Waals surface area contributed by atoms with Crippen molar-refractivity contribution in [3.8, 4) is 0 Å². The van der Waals surface area contributed by atoms with Crippen LogP contribution in [0.2, 0.25) is 0 Å². The summed E-state index contributed by atoms with van der Waals surface area (Å²) in [5.41, 5.74) is 0. The molecule has 1 amide bonds. The van der Waals surface area contributed by atoms with Crippen molar-refractivity contribution < 1.29 is 9.53 Å². The molecule has 0 spiro atoms. The van der Waals surface area contributed by atoms with Crippen molar-refractivity contribution >= 4 is 22.4 Å². The smallest absolute Gasteiger partial charge is 0.240 e. The quantitative estimate of drug-likeness (QED) is 0.833. The molecule has 1 aromatic heterocycles. The van der Waals surface area contributed by atoms with E-state index in [1.54, 1.807) is 0 Å². The van der Waals surface area contributed by atoms with Gasteiger partial charge in [-0.1, -0.05) is 31.6 Å². The molecule has 1 aliphatic heterocycles. The van der Waals surface area contributed by atoms with E-state index in [2.05, 4.69) is 34.3 Å². The number of hydrogen-bond acceptors (Lipinski definition) is 6. The molecule has 0 saturated carbocycles. The molecule has 1 aliphatic rings. The minimum atomic E-state index is -0.0199. The molecule has 1 fully saturated rings. The summed E-state index contributed by atoms with van der Waals surface area (Å²) >= 11 is 1.47. The summed E-state index contributed by atoms with van der Waals surface area (Å²) in [6, 6.07) is 0.332. The summed E-state index contributed by atoms with van der Waals surface area (Å²) < 4.78 is 5.45. The van der Waals surface area contributed by atoms with E-state index in [-0.39, 0.29) is 5.91 Å². The summed E-state index contributed by atoms with van der Waals surface area (Å²) in [6.07, 6.45) is 4.17. The van der Waals surface area contributed by atoms with E-state index in [0.717, 1.165) is 37.2 Å². The van der Waals surface area contributed by atoms with Crippen LogP contribution >= 0.6 is 11.3 Å². The zero-order chi connectivity index (χ0) is 15.1. The van der Waals surface area contributed by atoms with E-state index in [1.165, 1.54) is 11.3 Å². The zero-order valence-corrected chi connectivity index (χ0v) is 13.6. The third-order valence-electron chi connectivity index (χ3n) is 3.62. The SMILES string of the molecule is CCCCc1nnc(NC(=O)CN2CCOC[C@H]2CC)s1. The van der Waals surface area contributed by atoms with E-state index >= 15 is 0 Å². The van der Waals surface area contributed by atoms with E-state index in [4.69, 9.17) is 4.74 Å². The number of carbonyl (C=O) groups is 1. The van der Waals surface area contributed by atoms with Crippen molar-refractivity contribution in [2.45, 2.75) is 45.6 Å². The lowest BCUT2D eigenvalue weighted by molar-refractivity contribution is -0.119. The Balaban J connectivity index is 1.82. The Hall–Kier alpha value is -1.05. The van der Waals surface area contributed by atoms with Crippen LogP contribution in [0, 0.1) is 0 Å².